The third kappa shape index (κ3) is 5.67. The molecule has 0 aliphatic rings. The Balaban J connectivity index is 0.00000207. The molecule has 0 aliphatic heterocycles. The van der Waals surface area contributed by atoms with Crippen molar-refractivity contribution in [3.05, 3.63) is 193 Å². The Labute approximate surface area is 354 Å². The molecule has 0 radical (unpaired) electrons. The number of furan rings is 2. The second-order valence-corrected chi connectivity index (χ2v) is 15.9. The Morgan fingerprint density at radius 2 is 0.770 bits per heavy atom. The average Bonchev–Trinajstić information content (AvgIpc) is 3.89. The molecule has 4 heteroatoms. The zero-order valence-corrected chi connectivity index (χ0v) is 35.0. The first-order chi connectivity index (χ1) is 30.0. The van der Waals surface area contributed by atoms with Crippen LogP contribution in [0.1, 0.15) is 30.5 Å². The van der Waals surface area contributed by atoms with Crippen LogP contribution in [0.2, 0.25) is 0 Å². The highest BCUT2D eigenvalue weighted by molar-refractivity contribution is 6.28. The lowest BCUT2D eigenvalue weighted by Crippen LogP contribution is -2.12. The third-order valence-corrected chi connectivity index (χ3v) is 12.3. The van der Waals surface area contributed by atoms with Gasteiger partial charge in [0, 0.05) is 43.7 Å². The molecule has 0 saturated heterocycles. The van der Waals surface area contributed by atoms with Gasteiger partial charge in [0.05, 0.1) is 22.7 Å². The Kier molecular flexibility index (Phi) is 8.57. The van der Waals surface area contributed by atoms with E-state index in [0.717, 1.165) is 83.6 Å². The molecule has 0 unspecified atom stereocenters. The summed E-state index contributed by atoms with van der Waals surface area (Å²) in [5.74, 6) is 0. The van der Waals surface area contributed by atoms with E-state index in [4.69, 9.17) is 8.83 Å². The molecule has 0 saturated carbocycles. The average molecular weight is 789 g/mol. The predicted octanol–water partition coefficient (Wildman–Crippen LogP) is 17.3. The molecule has 2 heterocycles. The highest BCUT2D eigenvalue weighted by Crippen LogP contribution is 2.50. The van der Waals surface area contributed by atoms with E-state index in [1.54, 1.807) is 0 Å². The van der Waals surface area contributed by atoms with Crippen molar-refractivity contribution in [2.45, 2.75) is 34.6 Å². The van der Waals surface area contributed by atoms with Gasteiger partial charge in [0.2, 0.25) is 0 Å². The highest BCUT2D eigenvalue weighted by Gasteiger charge is 2.25. The van der Waals surface area contributed by atoms with Crippen LogP contribution in [0.15, 0.2) is 185 Å². The van der Waals surface area contributed by atoms with Gasteiger partial charge in [-0.1, -0.05) is 146 Å². The van der Waals surface area contributed by atoms with Crippen LogP contribution in [0.25, 0.3) is 76.2 Å². The summed E-state index contributed by atoms with van der Waals surface area (Å²) >= 11 is 0. The molecule has 0 aliphatic carbocycles. The fourth-order valence-electron chi connectivity index (χ4n) is 9.39. The van der Waals surface area contributed by atoms with Crippen molar-refractivity contribution in [1.82, 2.24) is 0 Å². The summed E-state index contributed by atoms with van der Waals surface area (Å²) in [7, 11) is 0. The number of para-hydroxylation sites is 4. The fraction of sp³-hybridized carbons (Fsp3) is 0.0877. The van der Waals surface area contributed by atoms with Crippen molar-refractivity contribution >= 4 is 110 Å². The molecule has 12 aromatic rings. The quantitative estimate of drug-likeness (QED) is 0.157. The molecule has 294 valence electrons. The van der Waals surface area contributed by atoms with E-state index in [2.05, 4.69) is 200 Å². The number of fused-ring (bicyclic) bond motifs is 6. The lowest BCUT2D eigenvalue weighted by Gasteiger charge is -2.29. The zero-order chi connectivity index (χ0) is 41.4. The van der Waals surface area contributed by atoms with Gasteiger partial charge in [-0.15, -0.1) is 0 Å². The summed E-state index contributed by atoms with van der Waals surface area (Å²) in [6.07, 6.45) is 0. The Morgan fingerprint density at radius 3 is 1.33 bits per heavy atom. The Hall–Kier alpha value is -7.56. The predicted molar refractivity (Wildman–Crippen MR) is 260 cm³/mol. The van der Waals surface area contributed by atoms with E-state index in [0.29, 0.717) is 0 Å². The lowest BCUT2D eigenvalue weighted by atomic mass is 9.91. The summed E-state index contributed by atoms with van der Waals surface area (Å²) in [5, 5.41) is 11.6. The molecule has 0 spiro atoms. The summed E-state index contributed by atoms with van der Waals surface area (Å²) < 4.78 is 13.5. The van der Waals surface area contributed by atoms with Crippen molar-refractivity contribution in [1.29, 1.82) is 0 Å². The molecule has 0 N–H and O–H groups in total. The second-order valence-electron chi connectivity index (χ2n) is 15.9. The third-order valence-electron chi connectivity index (χ3n) is 12.3. The van der Waals surface area contributed by atoms with Gasteiger partial charge < -0.3 is 18.6 Å². The van der Waals surface area contributed by atoms with Crippen LogP contribution < -0.4 is 9.80 Å². The molecule has 0 atom stereocenters. The number of rotatable bonds is 6. The normalized spacial score (nSPS) is 11.7. The number of anilines is 6. The minimum Gasteiger partial charge on any atom is -0.454 e. The van der Waals surface area contributed by atoms with Crippen LogP contribution in [-0.2, 0) is 0 Å². The van der Waals surface area contributed by atoms with E-state index < -0.39 is 0 Å². The fourth-order valence-corrected chi connectivity index (χ4v) is 9.39. The van der Waals surface area contributed by atoms with Crippen LogP contribution in [-0.4, -0.2) is 0 Å². The summed E-state index contributed by atoms with van der Waals surface area (Å²) in [6, 6.07) is 63.6. The van der Waals surface area contributed by atoms with E-state index in [1.165, 1.54) is 43.4 Å². The van der Waals surface area contributed by atoms with Gasteiger partial charge >= 0.3 is 0 Å². The minimum absolute atomic E-state index is 0.867. The molecule has 10 aromatic carbocycles. The zero-order valence-electron chi connectivity index (χ0n) is 35.0. The van der Waals surface area contributed by atoms with Crippen LogP contribution in [0.5, 0.6) is 0 Å². The lowest BCUT2D eigenvalue weighted by molar-refractivity contribution is 0.666. The summed E-state index contributed by atoms with van der Waals surface area (Å²) in [4.78, 5) is 4.76. The molecular formula is C57H44N2O2. The maximum absolute atomic E-state index is 6.82. The van der Waals surface area contributed by atoms with Gasteiger partial charge in [0.1, 0.15) is 11.2 Å². The number of hydrogen-bond acceptors (Lipinski definition) is 4. The van der Waals surface area contributed by atoms with Gasteiger partial charge in [-0.2, -0.15) is 0 Å². The molecular weight excluding hydrogens is 745 g/mol. The molecule has 0 fully saturated rings. The first kappa shape index (κ1) is 36.5. The number of hydrogen-bond donors (Lipinski definition) is 0. The van der Waals surface area contributed by atoms with Gasteiger partial charge in [-0.3, -0.25) is 0 Å². The van der Waals surface area contributed by atoms with Crippen molar-refractivity contribution in [3.63, 3.8) is 0 Å². The minimum atomic E-state index is 0.867. The monoisotopic (exact) mass is 788 g/mol. The van der Waals surface area contributed by atoms with E-state index >= 15 is 0 Å². The highest BCUT2D eigenvalue weighted by atomic mass is 16.3. The van der Waals surface area contributed by atoms with Crippen molar-refractivity contribution in [3.8, 4) is 0 Å². The van der Waals surface area contributed by atoms with Crippen molar-refractivity contribution in [2.24, 2.45) is 0 Å². The van der Waals surface area contributed by atoms with Crippen LogP contribution in [0.3, 0.4) is 0 Å². The summed E-state index contributed by atoms with van der Waals surface area (Å²) in [6.45, 7) is 10.4. The second kappa shape index (κ2) is 14.3. The van der Waals surface area contributed by atoms with Crippen LogP contribution in [0.4, 0.5) is 34.1 Å². The first-order valence-corrected chi connectivity index (χ1v) is 21.3. The molecule has 4 nitrogen and oxygen atoms in total. The van der Waals surface area contributed by atoms with Gasteiger partial charge in [-0.25, -0.2) is 0 Å². The maximum Gasteiger partial charge on any atom is 0.159 e. The molecule has 0 amide bonds. The van der Waals surface area contributed by atoms with Crippen molar-refractivity contribution in [2.75, 3.05) is 9.80 Å². The van der Waals surface area contributed by atoms with E-state index in [9.17, 15) is 0 Å². The standard InChI is InChI=1S/C55H38N2O2.C2H6/c1-33-17-25-38(26-18-33)56(48-14-7-12-41-40-10-4-5-16-50(40)58-54(41)48)46-31-23-36-22-30-45-47(32-24-37-21-29-44(46)51(36)52(37)45)57(39-27-19-34(2)20-28-39)49-15-8-13-43-42-11-6-9-35(3)53(42)59-55(43)49;1-2/h4-32H,1-3H3;1-2H3. The smallest absolute Gasteiger partial charge is 0.159 e. The van der Waals surface area contributed by atoms with Gasteiger partial charge in [0.25, 0.3) is 0 Å². The number of nitrogens with zero attached hydrogens (tertiary/aromatic N) is 2. The Bertz CT molecular complexity index is 3590. The largest absolute Gasteiger partial charge is 0.454 e. The van der Waals surface area contributed by atoms with Crippen LogP contribution >= 0.6 is 0 Å². The molecule has 12 rings (SSSR count). The van der Waals surface area contributed by atoms with Crippen molar-refractivity contribution < 1.29 is 8.83 Å². The first-order valence-electron chi connectivity index (χ1n) is 21.3. The number of benzene rings is 10. The summed E-state index contributed by atoms with van der Waals surface area (Å²) in [5.41, 5.74) is 13.4. The molecule has 0 bridgehead atoms. The van der Waals surface area contributed by atoms with E-state index in [-0.39, 0.29) is 0 Å². The molecule has 2 aromatic heterocycles. The number of aryl methyl sites for hydroxylation is 3. The molecule has 61 heavy (non-hydrogen) atoms. The van der Waals surface area contributed by atoms with Gasteiger partial charge in [-0.05, 0) is 102 Å². The van der Waals surface area contributed by atoms with Crippen LogP contribution in [0, 0.1) is 20.8 Å². The van der Waals surface area contributed by atoms with E-state index in [1.807, 2.05) is 19.9 Å². The topological polar surface area (TPSA) is 32.8 Å². The van der Waals surface area contributed by atoms with Gasteiger partial charge in [0.15, 0.2) is 11.2 Å². The SMILES string of the molecule is CC.Cc1ccc(N(c2ccc3ccc4c(N(c5ccc(C)cc5)c5cccc6c5oc5c(C)cccc56)ccc5ccc2c3c54)c2cccc3c2oc2ccccc23)cc1. The maximum atomic E-state index is 6.82. The Morgan fingerprint density at radius 1 is 0.328 bits per heavy atom.